The molecule has 1 atom stereocenters. The van der Waals surface area contributed by atoms with Crippen LogP contribution in [0.25, 0.3) is 5.69 Å². The highest BCUT2D eigenvalue weighted by Gasteiger charge is 2.22. The van der Waals surface area contributed by atoms with Crippen LogP contribution in [0.5, 0.6) is 0 Å². The fourth-order valence-electron chi connectivity index (χ4n) is 3.25. The topological polar surface area (TPSA) is 72.7 Å². The minimum absolute atomic E-state index is 0.189. The molecule has 0 saturated heterocycles. The molecule has 1 N–H and O–H groups in total. The van der Waals surface area contributed by atoms with Crippen molar-refractivity contribution in [2.24, 2.45) is 0 Å². The number of aryl methyl sites for hydroxylation is 2. The van der Waals surface area contributed by atoms with Crippen LogP contribution in [0.15, 0.2) is 36.9 Å². The van der Waals surface area contributed by atoms with Crippen molar-refractivity contribution in [3.05, 3.63) is 59.7 Å². The van der Waals surface area contributed by atoms with Crippen molar-refractivity contribution >= 4 is 17.9 Å². The van der Waals surface area contributed by atoms with Gasteiger partial charge in [0.25, 0.3) is 0 Å². The third kappa shape index (κ3) is 3.08. The molecule has 6 nitrogen and oxygen atoms in total. The maximum atomic E-state index is 14.5. The summed E-state index contributed by atoms with van der Waals surface area (Å²) in [6.07, 6.45) is 8.68. The Bertz CT molecular complexity index is 968. The Hall–Kier alpha value is -3.09. The van der Waals surface area contributed by atoms with Crippen molar-refractivity contribution in [1.82, 2.24) is 19.5 Å². The third-order valence-electron chi connectivity index (χ3n) is 4.57. The molecule has 1 aliphatic rings. The average molecular weight is 351 g/mol. The summed E-state index contributed by atoms with van der Waals surface area (Å²) >= 11 is 0. The van der Waals surface area contributed by atoms with Crippen LogP contribution in [0.3, 0.4) is 0 Å². The van der Waals surface area contributed by atoms with E-state index in [0.29, 0.717) is 17.3 Å². The van der Waals surface area contributed by atoms with Gasteiger partial charge in [-0.3, -0.25) is 0 Å². The van der Waals surface area contributed by atoms with Crippen LogP contribution in [0.1, 0.15) is 35.7 Å². The molecule has 0 saturated carbocycles. The van der Waals surface area contributed by atoms with Crippen LogP contribution >= 0.6 is 0 Å². The van der Waals surface area contributed by atoms with Gasteiger partial charge in [0, 0.05) is 18.1 Å². The number of hydrogen-bond donors (Lipinski definition) is 1. The summed E-state index contributed by atoms with van der Waals surface area (Å²) in [5.41, 5.74) is 3.56. The van der Waals surface area contributed by atoms with Gasteiger partial charge >= 0.3 is 0 Å². The number of nitrogens with zero attached hydrogens (tertiary/aromatic N) is 4. The van der Waals surface area contributed by atoms with E-state index in [4.69, 9.17) is 0 Å². The first-order chi connectivity index (χ1) is 12.6. The smallest absolute Gasteiger partial charge is 0.227 e. The number of hydrogen-bond acceptors (Lipinski definition) is 5. The van der Waals surface area contributed by atoms with E-state index < -0.39 is 0 Å². The Balaban J connectivity index is 1.60. The summed E-state index contributed by atoms with van der Waals surface area (Å²) in [6.45, 7) is 1.85. The predicted molar refractivity (Wildman–Crippen MR) is 95.3 cm³/mol. The Morgan fingerprint density at radius 1 is 1.35 bits per heavy atom. The number of nitrogens with one attached hydrogen (secondary N) is 1. The van der Waals surface area contributed by atoms with E-state index in [1.807, 2.05) is 6.92 Å². The summed E-state index contributed by atoms with van der Waals surface area (Å²) in [5.74, 6) is -0.204. The van der Waals surface area contributed by atoms with E-state index in [-0.39, 0.29) is 11.7 Å². The molecule has 0 aliphatic heterocycles. The predicted octanol–water partition coefficient (Wildman–Crippen LogP) is 3.47. The molecule has 7 heteroatoms. The zero-order valence-electron chi connectivity index (χ0n) is 14.3. The van der Waals surface area contributed by atoms with Gasteiger partial charge in [0.05, 0.1) is 29.3 Å². The number of rotatable bonds is 4. The lowest BCUT2D eigenvalue weighted by Crippen LogP contribution is -2.15. The highest BCUT2D eigenvalue weighted by Crippen LogP contribution is 2.29. The first-order valence-corrected chi connectivity index (χ1v) is 8.52. The van der Waals surface area contributed by atoms with Crippen LogP contribution in [0.2, 0.25) is 0 Å². The number of carbonyl (C=O) groups excluding carboxylic acids is 1. The average Bonchev–Trinajstić information content (AvgIpc) is 3.07. The van der Waals surface area contributed by atoms with Gasteiger partial charge in [-0.05, 0) is 49.9 Å². The van der Waals surface area contributed by atoms with Crippen molar-refractivity contribution in [1.29, 1.82) is 0 Å². The maximum Gasteiger partial charge on any atom is 0.227 e. The fraction of sp³-hybridized carbons (Fsp3) is 0.263. The molecule has 1 aromatic carbocycles. The number of fused-ring (bicyclic) bond motifs is 1. The normalized spacial score (nSPS) is 16.2. The van der Waals surface area contributed by atoms with E-state index in [0.717, 1.165) is 42.5 Å². The summed E-state index contributed by atoms with van der Waals surface area (Å²) in [7, 11) is 0. The summed E-state index contributed by atoms with van der Waals surface area (Å²) in [4.78, 5) is 24.2. The second-order valence-corrected chi connectivity index (χ2v) is 6.45. The van der Waals surface area contributed by atoms with E-state index in [9.17, 15) is 9.18 Å². The molecule has 2 aromatic heterocycles. The zero-order chi connectivity index (χ0) is 18.1. The van der Waals surface area contributed by atoms with E-state index in [1.165, 1.54) is 6.07 Å². The molecule has 1 unspecified atom stereocenters. The number of aldehydes is 1. The second kappa shape index (κ2) is 6.67. The Morgan fingerprint density at radius 3 is 2.96 bits per heavy atom. The quantitative estimate of drug-likeness (QED) is 0.729. The van der Waals surface area contributed by atoms with Crippen molar-refractivity contribution in [3.8, 4) is 5.69 Å². The van der Waals surface area contributed by atoms with Crippen molar-refractivity contribution in [2.75, 3.05) is 5.32 Å². The van der Waals surface area contributed by atoms with Gasteiger partial charge in [-0.15, -0.1) is 0 Å². The van der Waals surface area contributed by atoms with Crippen molar-refractivity contribution < 1.29 is 9.18 Å². The van der Waals surface area contributed by atoms with Gasteiger partial charge in [0.1, 0.15) is 12.1 Å². The third-order valence-corrected chi connectivity index (χ3v) is 4.57. The number of benzene rings is 1. The van der Waals surface area contributed by atoms with Gasteiger partial charge in [-0.2, -0.15) is 0 Å². The van der Waals surface area contributed by atoms with Crippen LogP contribution in [-0.2, 0) is 11.2 Å². The molecule has 0 bridgehead atoms. The molecule has 4 rings (SSSR count). The number of imidazole rings is 1. The van der Waals surface area contributed by atoms with Gasteiger partial charge in [0.15, 0.2) is 0 Å². The summed E-state index contributed by atoms with van der Waals surface area (Å²) < 4.78 is 16.1. The number of anilines is 2. The number of aromatic nitrogens is 4. The van der Waals surface area contributed by atoms with E-state index in [1.54, 1.807) is 35.4 Å². The number of halogens is 1. The Kier molecular flexibility index (Phi) is 4.20. The largest absolute Gasteiger partial charge is 0.324 e. The molecule has 2 heterocycles. The Morgan fingerprint density at radius 2 is 2.23 bits per heavy atom. The van der Waals surface area contributed by atoms with Crippen LogP contribution in [0.4, 0.5) is 16.0 Å². The van der Waals surface area contributed by atoms with E-state index in [2.05, 4.69) is 20.3 Å². The molecule has 132 valence electrons. The molecule has 1 aliphatic carbocycles. The van der Waals surface area contributed by atoms with Crippen LogP contribution in [0, 0.1) is 12.7 Å². The highest BCUT2D eigenvalue weighted by atomic mass is 19.1. The fourth-order valence-corrected chi connectivity index (χ4v) is 3.25. The van der Waals surface area contributed by atoms with Gasteiger partial charge in [0.2, 0.25) is 5.95 Å². The van der Waals surface area contributed by atoms with E-state index >= 15 is 0 Å². The monoisotopic (exact) mass is 351 g/mol. The van der Waals surface area contributed by atoms with Crippen molar-refractivity contribution in [3.63, 3.8) is 0 Å². The molecular weight excluding hydrogens is 333 g/mol. The summed E-state index contributed by atoms with van der Waals surface area (Å²) in [5, 5.41) is 3.02. The minimum Gasteiger partial charge on any atom is -0.324 e. The first kappa shape index (κ1) is 16.4. The summed E-state index contributed by atoms with van der Waals surface area (Å²) in [6, 6.07) is 4.82. The van der Waals surface area contributed by atoms with Crippen LogP contribution < -0.4 is 5.32 Å². The lowest BCUT2D eigenvalue weighted by molar-refractivity contribution is -0.109. The van der Waals surface area contributed by atoms with Crippen LogP contribution in [-0.4, -0.2) is 25.8 Å². The minimum atomic E-state index is -0.379. The maximum absolute atomic E-state index is 14.5. The van der Waals surface area contributed by atoms with Gasteiger partial charge < -0.3 is 14.7 Å². The SMILES string of the molecule is Cc1cn(-c2ccc(Nc3ncc4c(n3)C(C=O)CCC4)cc2F)cn1. The Labute approximate surface area is 150 Å². The lowest BCUT2D eigenvalue weighted by atomic mass is 9.88. The van der Waals surface area contributed by atoms with Crippen molar-refractivity contribution in [2.45, 2.75) is 32.1 Å². The highest BCUT2D eigenvalue weighted by molar-refractivity contribution is 5.63. The molecule has 26 heavy (non-hydrogen) atoms. The molecule has 0 fully saturated rings. The molecular formula is C19H18FN5O. The standard InChI is InChI=1S/C19H18FN5O/c1-12-9-25(11-22-12)17-6-5-15(7-16(17)20)23-19-21-8-13-3-2-4-14(10-26)18(13)24-19/h5-11,14H,2-4H2,1H3,(H,21,23,24). The van der Waals surface area contributed by atoms with Gasteiger partial charge in [-0.25, -0.2) is 19.3 Å². The number of carbonyl (C=O) groups is 1. The first-order valence-electron chi connectivity index (χ1n) is 8.52. The lowest BCUT2D eigenvalue weighted by Gasteiger charge is -2.20. The molecule has 3 aromatic rings. The molecule has 0 amide bonds. The zero-order valence-corrected chi connectivity index (χ0v) is 14.3. The molecule has 0 spiro atoms. The molecule has 0 radical (unpaired) electrons. The second-order valence-electron chi connectivity index (χ2n) is 6.45. The van der Waals surface area contributed by atoms with Gasteiger partial charge in [-0.1, -0.05) is 0 Å².